The Balaban J connectivity index is 2.22. The summed E-state index contributed by atoms with van der Waals surface area (Å²) in [5.41, 5.74) is 15.1. The predicted molar refractivity (Wildman–Crippen MR) is 83.7 cm³/mol. The fourth-order valence-corrected chi connectivity index (χ4v) is 3.28. The monoisotopic (exact) mass is 280 g/mol. The van der Waals surface area contributed by atoms with Crippen LogP contribution in [0, 0.1) is 0 Å². The van der Waals surface area contributed by atoms with Crippen LogP contribution in [-0.4, -0.2) is 5.91 Å². The van der Waals surface area contributed by atoms with Crippen molar-refractivity contribution >= 4 is 5.91 Å². The summed E-state index contributed by atoms with van der Waals surface area (Å²) in [5.74, 6) is -0.507. The van der Waals surface area contributed by atoms with Crippen LogP contribution < -0.4 is 11.5 Å². The van der Waals surface area contributed by atoms with E-state index in [4.69, 9.17) is 11.5 Å². The number of rotatable bonds is 3. The smallest absolute Gasteiger partial charge is 0.246 e. The van der Waals surface area contributed by atoms with E-state index >= 15 is 0 Å². The van der Waals surface area contributed by atoms with Gasteiger partial charge in [-0.15, -0.1) is 0 Å². The second-order valence-electron chi connectivity index (χ2n) is 5.69. The van der Waals surface area contributed by atoms with Gasteiger partial charge in [-0.3, -0.25) is 4.79 Å². The van der Waals surface area contributed by atoms with Crippen LogP contribution in [0.3, 0.4) is 0 Å². The van der Waals surface area contributed by atoms with Crippen molar-refractivity contribution in [1.29, 1.82) is 0 Å². The molecule has 1 amide bonds. The Morgan fingerprint density at radius 3 is 2.38 bits per heavy atom. The summed E-state index contributed by atoms with van der Waals surface area (Å²) in [6.45, 7) is 0. The van der Waals surface area contributed by atoms with Gasteiger partial charge in [-0.1, -0.05) is 48.5 Å². The highest BCUT2D eigenvalue weighted by molar-refractivity contribution is 5.90. The summed E-state index contributed by atoms with van der Waals surface area (Å²) < 4.78 is 0. The van der Waals surface area contributed by atoms with E-state index in [0.29, 0.717) is 0 Å². The fraction of sp³-hybridized carbons (Fsp3) is 0.278. The molecule has 2 aromatic carbocycles. The van der Waals surface area contributed by atoms with Crippen LogP contribution >= 0.6 is 0 Å². The SMILES string of the molecule is NC(=O)C(N)(c1ccccc1)c1cccc2c1CCCC2. The van der Waals surface area contributed by atoms with Crippen molar-refractivity contribution in [1.82, 2.24) is 0 Å². The van der Waals surface area contributed by atoms with Gasteiger partial charge in [-0.25, -0.2) is 0 Å². The first-order valence-corrected chi connectivity index (χ1v) is 7.39. The Hall–Kier alpha value is -2.13. The van der Waals surface area contributed by atoms with Crippen LogP contribution in [0.1, 0.15) is 35.1 Å². The van der Waals surface area contributed by atoms with Crippen LogP contribution in [0.2, 0.25) is 0 Å². The molecule has 0 saturated carbocycles. The molecule has 21 heavy (non-hydrogen) atoms. The van der Waals surface area contributed by atoms with Crippen molar-refractivity contribution in [2.75, 3.05) is 0 Å². The highest BCUT2D eigenvalue weighted by Crippen LogP contribution is 2.34. The van der Waals surface area contributed by atoms with Gasteiger partial charge in [0.05, 0.1) is 0 Å². The molecule has 0 aliphatic heterocycles. The second kappa shape index (κ2) is 5.34. The van der Waals surface area contributed by atoms with Gasteiger partial charge < -0.3 is 11.5 Å². The average molecular weight is 280 g/mol. The molecule has 2 aromatic rings. The minimum absolute atomic E-state index is 0.507. The van der Waals surface area contributed by atoms with E-state index < -0.39 is 11.4 Å². The molecular formula is C18H20N2O. The molecule has 1 unspecified atom stereocenters. The van der Waals surface area contributed by atoms with Gasteiger partial charge >= 0.3 is 0 Å². The number of carbonyl (C=O) groups excluding carboxylic acids is 1. The maximum absolute atomic E-state index is 12.2. The van der Waals surface area contributed by atoms with E-state index in [0.717, 1.165) is 30.4 Å². The molecule has 108 valence electrons. The van der Waals surface area contributed by atoms with Gasteiger partial charge in [0.1, 0.15) is 5.54 Å². The van der Waals surface area contributed by atoms with Crippen molar-refractivity contribution in [3.8, 4) is 0 Å². The molecule has 3 rings (SSSR count). The standard InChI is InChI=1S/C18H20N2O/c19-17(21)18(20,14-9-2-1-3-10-14)16-12-6-8-13-7-4-5-11-15(13)16/h1-3,6,8-10,12H,4-5,7,11,20H2,(H2,19,21). The fourth-order valence-electron chi connectivity index (χ4n) is 3.28. The zero-order valence-electron chi connectivity index (χ0n) is 12.0. The maximum Gasteiger partial charge on any atom is 0.246 e. The van der Waals surface area contributed by atoms with E-state index in [9.17, 15) is 4.79 Å². The van der Waals surface area contributed by atoms with E-state index in [1.54, 1.807) is 0 Å². The van der Waals surface area contributed by atoms with Gasteiger partial charge in [0.2, 0.25) is 5.91 Å². The second-order valence-corrected chi connectivity index (χ2v) is 5.69. The van der Waals surface area contributed by atoms with Gasteiger partial charge in [-0.2, -0.15) is 0 Å². The lowest BCUT2D eigenvalue weighted by Crippen LogP contribution is -2.50. The van der Waals surface area contributed by atoms with Crippen LogP contribution in [0.25, 0.3) is 0 Å². The van der Waals surface area contributed by atoms with Gasteiger partial charge in [0.15, 0.2) is 0 Å². The maximum atomic E-state index is 12.2. The predicted octanol–water partition coefficient (Wildman–Crippen LogP) is 2.25. The van der Waals surface area contributed by atoms with Gasteiger partial charge in [-0.05, 0) is 47.9 Å². The quantitative estimate of drug-likeness (QED) is 0.905. The number of hydrogen-bond donors (Lipinski definition) is 2. The minimum Gasteiger partial charge on any atom is -0.367 e. The highest BCUT2D eigenvalue weighted by atomic mass is 16.1. The molecule has 0 saturated heterocycles. The largest absolute Gasteiger partial charge is 0.367 e. The molecule has 3 heteroatoms. The molecule has 1 aliphatic carbocycles. The van der Waals surface area contributed by atoms with Crippen molar-refractivity contribution in [2.45, 2.75) is 31.2 Å². The molecule has 1 aliphatic rings. The highest BCUT2D eigenvalue weighted by Gasteiger charge is 2.38. The number of benzene rings is 2. The third-order valence-electron chi connectivity index (χ3n) is 4.44. The first kappa shape index (κ1) is 13.8. The van der Waals surface area contributed by atoms with E-state index in [1.807, 2.05) is 42.5 Å². The summed E-state index contributed by atoms with van der Waals surface area (Å²) in [6.07, 6.45) is 4.33. The summed E-state index contributed by atoms with van der Waals surface area (Å²) in [4.78, 5) is 12.2. The molecule has 0 heterocycles. The van der Waals surface area contributed by atoms with Crippen LogP contribution in [0.5, 0.6) is 0 Å². The van der Waals surface area contributed by atoms with E-state index in [-0.39, 0.29) is 0 Å². The molecule has 4 N–H and O–H groups in total. The number of amides is 1. The number of nitrogens with two attached hydrogens (primary N) is 2. The lowest BCUT2D eigenvalue weighted by Gasteiger charge is -2.31. The van der Waals surface area contributed by atoms with Crippen LogP contribution in [0.15, 0.2) is 48.5 Å². The Morgan fingerprint density at radius 2 is 1.67 bits per heavy atom. The third-order valence-corrected chi connectivity index (χ3v) is 4.44. The number of carbonyl (C=O) groups is 1. The summed E-state index contributed by atoms with van der Waals surface area (Å²) >= 11 is 0. The minimum atomic E-state index is -1.26. The van der Waals surface area contributed by atoms with E-state index in [1.165, 1.54) is 17.5 Å². The molecule has 0 fully saturated rings. The molecule has 0 spiro atoms. The molecule has 0 bridgehead atoms. The molecule has 3 nitrogen and oxygen atoms in total. The number of fused-ring (bicyclic) bond motifs is 1. The summed E-state index contributed by atoms with van der Waals surface area (Å²) in [6, 6.07) is 15.5. The molecule has 0 aromatic heterocycles. The first-order valence-electron chi connectivity index (χ1n) is 7.39. The zero-order chi connectivity index (χ0) is 14.9. The van der Waals surface area contributed by atoms with E-state index in [2.05, 4.69) is 6.07 Å². The lowest BCUT2D eigenvalue weighted by atomic mass is 9.76. The molecule has 0 radical (unpaired) electrons. The Bertz CT molecular complexity index is 666. The first-order chi connectivity index (χ1) is 10.1. The van der Waals surface area contributed by atoms with Crippen molar-refractivity contribution in [2.24, 2.45) is 11.5 Å². The normalized spacial score (nSPS) is 16.8. The Kier molecular flexibility index (Phi) is 3.52. The molecular weight excluding hydrogens is 260 g/mol. The van der Waals surface area contributed by atoms with Crippen LogP contribution in [0.4, 0.5) is 0 Å². The van der Waals surface area contributed by atoms with Crippen molar-refractivity contribution in [3.05, 3.63) is 70.8 Å². The third kappa shape index (κ3) is 2.24. The van der Waals surface area contributed by atoms with Crippen molar-refractivity contribution < 1.29 is 4.79 Å². The van der Waals surface area contributed by atoms with Gasteiger partial charge in [0.25, 0.3) is 0 Å². The van der Waals surface area contributed by atoms with Crippen molar-refractivity contribution in [3.63, 3.8) is 0 Å². The Morgan fingerprint density at radius 1 is 0.952 bits per heavy atom. The summed E-state index contributed by atoms with van der Waals surface area (Å²) in [7, 11) is 0. The summed E-state index contributed by atoms with van der Waals surface area (Å²) in [5, 5.41) is 0. The Labute approximate surface area is 125 Å². The topological polar surface area (TPSA) is 69.1 Å². The molecule has 1 atom stereocenters. The number of hydrogen-bond acceptors (Lipinski definition) is 2. The number of aryl methyl sites for hydroxylation is 1. The number of primary amides is 1. The van der Waals surface area contributed by atoms with Crippen LogP contribution in [-0.2, 0) is 23.2 Å². The van der Waals surface area contributed by atoms with Gasteiger partial charge in [0, 0.05) is 0 Å². The lowest BCUT2D eigenvalue weighted by molar-refractivity contribution is -0.122. The zero-order valence-corrected chi connectivity index (χ0v) is 12.0. The average Bonchev–Trinajstić information content (AvgIpc) is 2.54.